The normalized spacial score (nSPS) is 37.6. The molecule has 0 unspecified atom stereocenters. The first-order valence-electron chi connectivity index (χ1n) is 8.44. The predicted octanol–water partition coefficient (Wildman–Crippen LogP) is -2.40. The predicted molar refractivity (Wildman–Crippen MR) is 80.9 cm³/mol. The summed E-state index contributed by atoms with van der Waals surface area (Å²) >= 11 is 0. The van der Waals surface area contributed by atoms with E-state index in [0.29, 0.717) is 31.1 Å². The van der Waals surface area contributed by atoms with Crippen LogP contribution < -0.4 is 10.2 Å². The maximum atomic E-state index is 9.42. The first-order valence-corrected chi connectivity index (χ1v) is 8.44. The van der Waals surface area contributed by atoms with Gasteiger partial charge >= 0.3 is 0 Å². The Balaban J connectivity index is 2.29. The summed E-state index contributed by atoms with van der Waals surface area (Å²) in [5, 5.41) is 30.4. The fourth-order valence-electron chi connectivity index (χ4n) is 5.46. The van der Waals surface area contributed by atoms with E-state index in [1.165, 1.54) is 17.7 Å². The fourth-order valence-corrected chi connectivity index (χ4v) is 5.46. The highest BCUT2D eigenvalue weighted by Crippen LogP contribution is 2.63. The number of aliphatic hydroxyl groups excluding tert-OH is 3. The van der Waals surface area contributed by atoms with E-state index >= 15 is 0 Å². The molecule has 0 radical (unpaired) electrons. The van der Waals surface area contributed by atoms with Gasteiger partial charge in [0.1, 0.15) is 25.2 Å². The molecule has 0 saturated heterocycles. The van der Waals surface area contributed by atoms with Gasteiger partial charge in [0.25, 0.3) is 0 Å². The van der Waals surface area contributed by atoms with Crippen molar-refractivity contribution in [2.45, 2.75) is 45.7 Å². The molecule has 0 heterocycles. The van der Waals surface area contributed by atoms with Gasteiger partial charge in [-0.1, -0.05) is 20.8 Å². The summed E-state index contributed by atoms with van der Waals surface area (Å²) in [6.45, 7) is 9.87. The SMILES string of the molecule is CC1(C)[C@H]2CC[C@@]1(C)[C@H]([NH+](CCO)CCO)[C@@H]2[NH2+]CCO. The largest absolute Gasteiger partial charge is 0.391 e. The van der Waals surface area contributed by atoms with Gasteiger partial charge in [0, 0.05) is 11.3 Å². The van der Waals surface area contributed by atoms with Gasteiger partial charge in [0.05, 0.1) is 26.4 Å². The van der Waals surface area contributed by atoms with Gasteiger partial charge in [-0.25, -0.2) is 0 Å². The van der Waals surface area contributed by atoms with Gasteiger partial charge < -0.3 is 25.5 Å². The fraction of sp³-hybridized carbons (Fsp3) is 1.00. The van der Waals surface area contributed by atoms with Gasteiger partial charge in [-0.2, -0.15) is 0 Å². The minimum absolute atomic E-state index is 0.166. The van der Waals surface area contributed by atoms with E-state index in [1.807, 2.05) is 0 Å². The van der Waals surface area contributed by atoms with Crippen LogP contribution in [-0.4, -0.2) is 66.9 Å². The smallest absolute Gasteiger partial charge is 0.146 e. The molecule has 0 aromatic carbocycles. The minimum atomic E-state index is 0.166. The molecule has 0 aromatic rings. The third kappa shape index (κ3) is 2.63. The van der Waals surface area contributed by atoms with Crippen molar-refractivity contribution in [1.82, 2.24) is 0 Å². The average molecular weight is 302 g/mol. The Labute approximate surface area is 128 Å². The van der Waals surface area contributed by atoms with Crippen LogP contribution in [0.3, 0.4) is 0 Å². The zero-order chi connectivity index (χ0) is 15.7. The van der Waals surface area contributed by atoms with E-state index in [2.05, 4.69) is 26.1 Å². The Morgan fingerprint density at radius 3 is 2.19 bits per heavy atom. The summed E-state index contributed by atoms with van der Waals surface area (Å²) in [4.78, 5) is 1.33. The maximum Gasteiger partial charge on any atom is 0.146 e. The third-order valence-electron chi connectivity index (χ3n) is 6.78. The number of fused-ring (bicyclic) bond motifs is 2. The molecule has 6 N–H and O–H groups in total. The summed E-state index contributed by atoms with van der Waals surface area (Å²) < 4.78 is 0. The Morgan fingerprint density at radius 2 is 1.67 bits per heavy atom. The highest BCUT2D eigenvalue weighted by Gasteiger charge is 2.71. The molecule has 2 aliphatic carbocycles. The quantitative estimate of drug-likeness (QED) is 0.347. The average Bonchev–Trinajstić information content (AvgIpc) is 2.75. The topological polar surface area (TPSA) is 81.7 Å². The highest BCUT2D eigenvalue weighted by molar-refractivity contribution is 5.14. The number of nitrogens with one attached hydrogen (secondary N) is 1. The molecule has 2 bridgehead atoms. The van der Waals surface area contributed by atoms with E-state index in [4.69, 9.17) is 0 Å². The molecule has 0 aliphatic heterocycles. The summed E-state index contributed by atoms with van der Waals surface area (Å²) in [5.41, 5.74) is 0.526. The highest BCUT2D eigenvalue weighted by atomic mass is 16.3. The Kier molecular flexibility index (Phi) is 5.31. The Bertz CT molecular complexity index is 344. The van der Waals surface area contributed by atoms with Crippen LogP contribution in [0.1, 0.15) is 33.6 Å². The zero-order valence-electron chi connectivity index (χ0n) is 13.8. The van der Waals surface area contributed by atoms with Gasteiger partial charge in [-0.3, -0.25) is 0 Å². The van der Waals surface area contributed by atoms with E-state index in [1.54, 1.807) is 0 Å². The second-order valence-electron chi connectivity index (χ2n) is 7.69. The van der Waals surface area contributed by atoms with Crippen molar-refractivity contribution < 1.29 is 25.5 Å². The molecule has 124 valence electrons. The lowest BCUT2D eigenvalue weighted by molar-refractivity contribution is -0.953. The van der Waals surface area contributed by atoms with Crippen molar-refractivity contribution in [3.63, 3.8) is 0 Å². The van der Waals surface area contributed by atoms with Gasteiger partial charge in [-0.05, 0) is 18.3 Å². The molecule has 4 atom stereocenters. The van der Waals surface area contributed by atoms with E-state index in [9.17, 15) is 15.3 Å². The first-order chi connectivity index (χ1) is 9.94. The second kappa shape index (κ2) is 6.50. The van der Waals surface area contributed by atoms with E-state index in [-0.39, 0.29) is 30.7 Å². The molecule has 2 fully saturated rings. The van der Waals surface area contributed by atoms with Gasteiger partial charge in [0.15, 0.2) is 0 Å². The number of quaternary nitrogens is 2. The lowest BCUT2D eigenvalue weighted by atomic mass is 9.68. The summed E-state index contributed by atoms with van der Waals surface area (Å²) in [5.74, 6) is 0.659. The number of hydrogen-bond donors (Lipinski definition) is 5. The molecule has 0 spiro atoms. The Hall–Kier alpha value is -0.200. The monoisotopic (exact) mass is 302 g/mol. The molecular weight excluding hydrogens is 268 g/mol. The molecule has 5 heteroatoms. The van der Waals surface area contributed by atoms with Crippen LogP contribution in [0.5, 0.6) is 0 Å². The zero-order valence-corrected chi connectivity index (χ0v) is 13.8. The molecular formula is C16H34N2O3+2. The number of nitrogens with two attached hydrogens (primary N) is 1. The molecule has 5 nitrogen and oxygen atoms in total. The second-order valence-corrected chi connectivity index (χ2v) is 7.69. The van der Waals surface area contributed by atoms with Crippen LogP contribution in [0.2, 0.25) is 0 Å². The van der Waals surface area contributed by atoms with Crippen LogP contribution in [0, 0.1) is 16.7 Å². The standard InChI is InChI=1S/C16H32N2O3/c1-15(2)12-4-5-16(15,3)14(13(12)17-6-9-19)18(7-10-20)8-11-21/h12-14,17,19-21H,4-11H2,1-3H3/p+2/t12-,13+,14+,16-/m0/s1. The molecule has 2 rings (SSSR count). The minimum Gasteiger partial charge on any atom is -0.391 e. The van der Waals surface area contributed by atoms with E-state index < -0.39 is 0 Å². The van der Waals surface area contributed by atoms with E-state index in [0.717, 1.165) is 6.54 Å². The summed E-state index contributed by atoms with van der Waals surface area (Å²) in [7, 11) is 0. The lowest BCUT2D eigenvalue weighted by Crippen LogP contribution is -3.22. The Morgan fingerprint density at radius 1 is 1.05 bits per heavy atom. The first kappa shape index (κ1) is 17.2. The van der Waals surface area contributed by atoms with Gasteiger partial charge in [-0.15, -0.1) is 0 Å². The molecule has 21 heavy (non-hydrogen) atoms. The molecule has 0 aromatic heterocycles. The number of rotatable bonds is 8. The van der Waals surface area contributed by atoms with Crippen molar-refractivity contribution in [2.75, 3.05) is 39.5 Å². The van der Waals surface area contributed by atoms with Crippen molar-refractivity contribution >= 4 is 0 Å². The molecule has 2 saturated carbocycles. The molecule has 2 aliphatic rings. The van der Waals surface area contributed by atoms with Crippen molar-refractivity contribution in [3.8, 4) is 0 Å². The summed E-state index contributed by atoms with van der Waals surface area (Å²) in [6, 6.07) is 0.927. The van der Waals surface area contributed by atoms with Crippen LogP contribution >= 0.6 is 0 Å². The third-order valence-corrected chi connectivity index (χ3v) is 6.78. The lowest BCUT2D eigenvalue weighted by Gasteiger charge is -2.42. The molecule has 0 amide bonds. The van der Waals surface area contributed by atoms with Crippen LogP contribution in [0.25, 0.3) is 0 Å². The van der Waals surface area contributed by atoms with Crippen molar-refractivity contribution in [2.24, 2.45) is 16.7 Å². The van der Waals surface area contributed by atoms with Crippen molar-refractivity contribution in [3.05, 3.63) is 0 Å². The summed E-state index contributed by atoms with van der Waals surface area (Å²) in [6.07, 6.45) is 2.50. The van der Waals surface area contributed by atoms with Crippen LogP contribution in [0.4, 0.5) is 0 Å². The van der Waals surface area contributed by atoms with Gasteiger partial charge in [0.2, 0.25) is 0 Å². The van der Waals surface area contributed by atoms with Crippen LogP contribution in [0.15, 0.2) is 0 Å². The number of aliphatic hydroxyl groups is 3. The number of hydrogen-bond acceptors (Lipinski definition) is 3. The van der Waals surface area contributed by atoms with Crippen LogP contribution in [-0.2, 0) is 0 Å². The van der Waals surface area contributed by atoms with Crippen molar-refractivity contribution in [1.29, 1.82) is 0 Å². The maximum absolute atomic E-state index is 9.42.